The van der Waals surface area contributed by atoms with Gasteiger partial charge >= 0.3 is 0 Å². The maximum atomic E-state index is 4.10. The van der Waals surface area contributed by atoms with Crippen LogP contribution in [-0.2, 0) is 0 Å². The van der Waals surface area contributed by atoms with Crippen LogP contribution in [0, 0.1) is 0 Å². The predicted molar refractivity (Wildman–Crippen MR) is 52.4 cm³/mol. The Balaban J connectivity index is 2.15. The first kappa shape index (κ1) is 8.71. The van der Waals surface area contributed by atoms with Crippen molar-refractivity contribution in [3.05, 3.63) is 29.3 Å². The maximum absolute atomic E-state index is 4.10. The van der Waals surface area contributed by atoms with Crippen molar-refractivity contribution < 1.29 is 0 Å². The molecule has 0 aliphatic rings. The molecule has 66 valence electrons. The fourth-order valence-corrected chi connectivity index (χ4v) is 1.58. The van der Waals surface area contributed by atoms with Gasteiger partial charge in [-0.05, 0) is 27.7 Å². The molecule has 0 radical (unpaired) electrons. The molecule has 2 aromatic heterocycles. The SMILES string of the molecule is Brc1cnc(Sc2ncc[nH]2)nc1. The van der Waals surface area contributed by atoms with Crippen LogP contribution in [0.2, 0.25) is 0 Å². The van der Waals surface area contributed by atoms with Crippen molar-refractivity contribution in [2.75, 3.05) is 0 Å². The molecule has 6 heteroatoms. The average Bonchev–Trinajstić information content (AvgIpc) is 2.62. The van der Waals surface area contributed by atoms with Crippen molar-refractivity contribution in [2.45, 2.75) is 10.3 Å². The lowest BCUT2D eigenvalue weighted by molar-refractivity contribution is 0.944. The van der Waals surface area contributed by atoms with Crippen molar-refractivity contribution in [3.63, 3.8) is 0 Å². The van der Waals surface area contributed by atoms with Crippen LogP contribution < -0.4 is 0 Å². The summed E-state index contributed by atoms with van der Waals surface area (Å²) in [5, 5.41) is 1.47. The molecule has 0 fully saturated rings. The number of nitrogens with zero attached hydrogens (tertiary/aromatic N) is 3. The molecule has 2 heterocycles. The van der Waals surface area contributed by atoms with E-state index in [1.807, 2.05) is 0 Å². The highest BCUT2D eigenvalue weighted by Crippen LogP contribution is 2.20. The summed E-state index contributed by atoms with van der Waals surface area (Å²) >= 11 is 4.66. The second-order valence-electron chi connectivity index (χ2n) is 2.18. The van der Waals surface area contributed by atoms with Gasteiger partial charge in [0.05, 0.1) is 4.47 Å². The van der Waals surface area contributed by atoms with E-state index >= 15 is 0 Å². The van der Waals surface area contributed by atoms with E-state index in [2.05, 4.69) is 35.9 Å². The van der Waals surface area contributed by atoms with Crippen molar-refractivity contribution in [1.82, 2.24) is 19.9 Å². The number of aromatic nitrogens is 4. The second-order valence-corrected chi connectivity index (χ2v) is 4.05. The van der Waals surface area contributed by atoms with Crippen molar-refractivity contribution in [1.29, 1.82) is 0 Å². The summed E-state index contributed by atoms with van der Waals surface area (Å²) in [6, 6.07) is 0. The minimum Gasteiger partial charge on any atom is -0.339 e. The molecular weight excluding hydrogens is 252 g/mol. The van der Waals surface area contributed by atoms with Crippen LogP contribution in [0.5, 0.6) is 0 Å². The Morgan fingerprint density at radius 2 is 2.00 bits per heavy atom. The van der Waals surface area contributed by atoms with Gasteiger partial charge < -0.3 is 4.98 Å². The first-order chi connectivity index (χ1) is 6.34. The van der Waals surface area contributed by atoms with E-state index in [9.17, 15) is 0 Å². The van der Waals surface area contributed by atoms with Crippen LogP contribution in [0.25, 0.3) is 0 Å². The van der Waals surface area contributed by atoms with E-state index in [0.29, 0.717) is 5.16 Å². The molecular formula is C7H5BrN4S. The lowest BCUT2D eigenvalue weighted by Gasteiger charge is -1.94. The average molecular weight is 257 g/mol. The number of imidazole rings is 1. The highest BCUT2D eigenvalue weighted by molar-refractivity contribution is 9.10. The summed E-state index contributed by atoms with van der Waals surface area (Å²) in [4.78, 5) is 15.2. The Morgan fingerprint density at radius 1 is 1.23 bits per heavy atom. The number of rotatable bonds is 2. The molecule has 0 spiro atoms. The molecule has 0 aliphatic carbocycles. The van der Waals surface area contributed by atoms with Gasteiger partial charge in [0.2, 0.25) is 0 Å². The predicted octanol–water partition coefficient (Wildman–Crippen LogP) is 2.11. The minimum absolute atomic E-state index is 0.679. The summed E-state index contributed by atoms with van der Waals surface area (Å²) < 4.78 is 0.872. The van der Waals surface area contributed by atoms with Crippen molar-refractivity contribution in [2.24, 2.45) is 0 Å². The molecule has 0 unspecified atom stereocenters. The van der Waals surface area contributed by atoms with Gasteiger partial charge in [-0.25, -0.2) is 15.0 Å². The van der Waals surface area contributed by atoms with Crippen LogP contribution >= 0.6 is 27.7 Å². The van der Waals surface area contributed by atoms with Crippen LogP contribution in [0.15, 0.2) is 39.6 Å². The minimum atomic E-state index is 0.679. The molecule has 0 bridgehead atoms. The van der Waals surface area contributed by atoms with Gasteiger partial charge in [-0.2, -0.15) is 0 Å². The van der Waals surface area contributed by atoms with Gasteiger partial charge in [-0.3, -0.25) is 0 Å². The van der Waals surface area contributed by atoms with Crippen LogP contribution in [0.3, 0.4) is 0 Å². The number of nitrogens with one attached hydrogen (secondary N) is 1. The molecule has 1 N–H and O–H groups in total. The molecule has 0 saturated carbocycles. The zero-order valence-electron chi connectivity index (χ0n) is 6.44. The fraction of sp³-hybridized carbons (Fsp3) is 0. The van der Waals surface area contributed by atoms with Gasteiger partial charge in [-0.15, -0.1) is 0 Å². The third-order valence-electron chi connectivity index (χ3n) is 1.26. The summed E-state index contributed by atoms with van der Waals surface area (Å²) in [6.45, 7) is 0. The van der Waals surface area contributed by atoms with Crippen LogP contribution in [0.4, 0.5) is 0 Å². The largest absolute Gasteiger partial charge is 0.339 e. The molecule has 0 saturated heterocycles. The third kappa shape index (κ3) is 2.28. The lowest BCUT2D eigenvalue weighted by Crippen LogP contribution is -1.85. The Labute approximate surface area is 87.3 Å². The van der Waals surface area contributed by atoms with Gasteiger partial charge in [0, 0.05) is 24.8 Å². The van der Waals surface area contributed by atoms with E-state index in [4.69, 9.17) is 0 Å². The lowest BCUT2D eigenvalue weighted by atomic mass is 10.7. The first-order valence-corrected chi connectivity index (χ1v) is 5.10. The normalized spacial score (nSPS) is 10.2. The molecule has 0 aliphatic heterocycles. The summed E-state index contributed by atoms with van der Waals surface area (Å²) in [5.74, 6) is 0. The number of hydrogen-bond acceptors (Lipinski definition) is 4. The molecule has 4 nitrogen and oxygen atoms in total. The maximum Gasteiger partial charge on any atom is 0.195 e. The van der Waals surface area contributed by atoms with E-state index in [-0.39, 0.29) is 0 Å². The summed E-state index contributed by atoms with van der Waals surface area (Å²) in [7, 11) is 0. The Bertz CT molecular complexity index is 372. The molecule has 2 aromatic rings. The first-order valence-electron chi connectivity index (χ1n) is 3.49. The number of aromatic amines is 1. The van der Waals surface area contributed by atoms with E-state index < -0.39 is 0 Å². The van der Waals surface area contributed by atoms with E-state index in [0.717, 1.165) is 9.63 Å². The molecule has 2 rings (SSSR count). The van der Waals surface area contributed by atoms with Crippen LogP contribution in [-0.4, -0.2) is 19.9 Å². The highest BCUT2D eigenvalue weighted by Gasteiger charge is 2.00. The third-order valence-corrected chi connectivity index (χ3v) is 2.48. The second kappa shape index (κ2) is 3.89. The Kier molecular flexibility index (Phi) is 2.60. The topological polar surface area (TPSA) is 54.5 Å². The van der Waals surface area contributed by atoms with Gasteiger partial charge in [0.1, 0.15) is 0 Å². The quantitative estimate of drug-likeness (QED) is 0.837. The molecule has 0 atom stereocenters. The van der Waals surface area contributed by atoms with Crippen molar-refractivity contribution in [3.8, 4) is 0 Å². The number of hydrogen-bond donors (Lipinski definition) is 1. The Morgan fingerprint density at radius 3 is 2.62 bits per heavy atom. The van der Waals surface area contributed by atoms with Gasteiger partial charge in [0.15, 0.2) is 10.3 Å². The van der Waals surface area contributed by atoms with Crippen molar-refractivity contribution >= 4 is 27.7 Å². The zero-order valence-corrected chi connectivity index (χ0v) is 8.84. The number of H-pyrrole nitrogens is 1. The smallest absolute Gasteiger partial charge is 0.195 e. The fourth-order valence-electron chi connectivity index (χ4n) is 0.746. The van der Waals surface area contributed by atoms with Gasteiger partial charge in [-0.1, -0.05) is 0 Å². The van der Waals surface area contributed by atoms with Gasteiger partial charge in [0.25, 0.3) is 0 Å². The number of halogens is 1. The summed E-state index contributed by atoms with van der Waals surface area (Å²) in [5.41, 5.74) is 0. The summed E-state index contributed by atoms with van der Waals surface area (Å²) in [6.07, 6.45) is 6.87. The molecule has 0 aromatic carbocycles. The highest BCUT2D eigenvalue weighted by atomic mass is 79.9. The monoisotopic (exact) mass is 256 g/mol. The molecule has 13 heavy (non-hydrogen) atoms. The van der Waals surface area contributed by atoms with E-state index in [1.54, 1.807) is 24.8 Å². The van der Waals surface area contributed by atoms with E-state index in [1.165, 1.54) is 11.8 Å². The molecule has 0 amide bonds. The Hall–Kier alpha value is -0.880. The standard InChI is InChI=1S/C7H5BrN4S/c8-5-3-11-7(12-4-5)13-6-9-1-2-10-6/h1-4H,(H,9,10). The zero-order chi connectivity index (χ0) is 9.10. The van der Waals surface area contributed by atoms with Crippen LogP contribution in [0.1, 0.15) is 0 Å².